The van der Waals surface area contributed by atoms with E-state index in [1.807, 2.05) is 20.8 Å². The predicted octanol–water partition coefficient (Wildman–Crippen LogP) is 1.80. The highest BCUT2D eigenvalue weighted by Crippen LogP contribution is 2.21. The van der Waals surface area contributed by atoms with Crippen LogP contribution in [0.5, 0.6) is 0 Å². The fourth-order valence-electron chi connectivity index (χ4n) is 1.44. The van der Waals surface area contributed by atoms with Crippen LogP contribution in [0.2, 0.25) is 0 Å². The van der Waals surface area contributed by atoms with Gasteiger partial charge in [0.05, 0.1) is 0 Å². The first-order valence-corrected chi connectivity index (χ1v) is 6.16. The zero-order chi connectivity index (χ0) is 15.8. The standard InChI is InChI=1S/C11H20N2O7/c1-11(2,3)5-4-10(14)6-9(7-19-12(15)16)8-20-13(17)18/h9H,4-8H2,1-3H3. The molecule has 0 aromatic carbocycles. The molecule has 0 bridgehead atoms. The maximum absolute atomic E-state index is 11.7. The number of rotatable bonds is 10. The van der Waals surface area contributed by atoms with Crippen molar-refractivity contribution in [2.24, 2.45) is 11.3 Å². The molecule has 0 aromatic heterocycles. The van der Waals surface area contributed by atoms with E-state index >= 15 is 0 Å². The van der Waals surface area contributed by atoms with Gasteiger partial charge in [-0.05, 0) is 11.8 Å². The minimum absolute atomic E-state index is 0.000169. The third-order valence-corrected chi connectivity index (χ3v) is 2.50. The first-order chi connectivity index (χ1) is 9.10. The average molecular weight is 292 g/mol. The Balaban J connectivity index is 4.27. The first-order valence-electron chi connectivity index (χ1n) is 6.16. The maximum Gasteiger partial charge on any atom is 0.294 e. The highest BCUT2D eigenvalue weighted by Gasteiger charge is 2.19. The van der Waals surface area contributed by atoms with E-state index in [2.05, 4.69) is 9.68 Å². The van der Waals surface area contributed by atoms with Crippen molar-refractivity contribution < 1.29 is 24.6 Å². The van der Waals surface area contributed by atoms with E-state index in [1.54, 1.807) is 0 Å². The summed E-state index contributed by atoms with van der Waals surface area (Å²) >= 11 is 0. The van der Waals surface area contributed by atoms with Gasteiger partial charge in [0.15, 0.2) is 0 Å². The van der Waals surface area contributed by atoms with Crippen molar-refractivity contribution in [1.29, 1.82) is 0 Å². The molecule has 9 heteroatoms. The lowest BCUT2D eigenvalue weighted by molar-refractivity contribution is -0.768. The van der Waals surface area contributed by atoms with Crippen LogP contribution < -0.4 is 0 Å². The normalized spacial score (nSPS) is 11.2. The van der Waals surface area contributed by atoms with Crippen LogP contribution in [-0.2, 0) is 14.5 Å². The van der Waals surface area contributed by atoms with Crippen molar-refractivity contribution in [2.45, 2.75) is 40.0 Å². The molecule has 0 saturated heterocycles. The smallest absolute Gasteiger partial charge is 0.294 e. The van der Waals surface area contributed by atoms with Gasteiger partial charge in [0.1, 0.15) is 19.0 Å². The van der Waals surface area contributed by atoms with E-state index in [0.717, 1.165) is 0 Å². The zero-order valence-corrected chi connectivity index (χ0v) is 11.9. The summed E-state index contributed by atoms with van der Waals surface area (Å²) in [6.45, 7) is 5.17. The van der Waals surface area contributed by atoms with Crippen molar-refractivity contribution in [3.63, 3.8) is 0 Å². The van der Waals surface area contributed by atoms with Crippen molar-refractivity contribution in [3.05, 3.63) is 20.2 Å². The molecule has 0 aliphatic rings. The zero-order valence-electron chi connectivity index (χ0n) is 11.9. The summed E-state index contributed by atoms with van der Waals surface area (Å²) in [5, 5.41) is 18.2. The number of hydrogen-bond acceptors (Lipinski definition) is 7. The fourth-order valence-corrected chi connectivity index (χ4v) is 1.44. The lowest BCUT2D eigenvalue weighted by atomic mass is 9.88. The Morgan fingerprint density at radius 2 is 1.55 bits per heavy atom. The van der Waals surface area contributed by atoms with E-state index in [0.29, 0.717) is 12.8 Å². The Labute approximate surface area is 116 Å². The van der Waals surface area contributed by atoms with Crippen LogP contribution in [0.15, 0.2) is 0 Å². The van der Waals surface area contributed by atoms with Crippen LogP contribution in [0.4, 0.5) is 0 Å². The summed E-state index contributed by atoms with van der Waals surface area (Å²) in [6.07, 6.45) is 0.944. The molecule has 0 unspecified atom stereocenters. The summed E-state index contributed by atoms with van der Waals surface area (Å²) in [5.41, 5.74) is -0.000169. The molecule has 0 aromatic rings. The number of nitrogens with zero attached hydrogens (tertiary/aromatic N) is 2. The largest absolute Gasteiger partial charge is 0.314 e. The molecule has 20 heavy (non-hydrogen) atoms. The molecule has 0 amide bonds. The summed E-state index contributed by atoms with van der Waals surface area (Å²) < 4.78 is 0. The van der Waals surface area contributed by atoms with Crippen LogP contribution in [0.1, 0.15) is 40.0 Å². The molecule has 0 saturated carbocycles. The summed E-state index contributed by atoms with van der Waals surface area (Å²) in [5.74, 6) is -0.831. The van der Waals surface area contributed by atoms with Crippen LogP contribution in [-0.4, -0.2) is 29.2 Å². The minimum atomic E-state index is -1.00. The van der Waals surface area contributed by atoms with E-state index in [1.165, 1.54) is 0 Å². The van der Waals surface area contributed by atoms with Crippen molar-refractivity contribution in [3.8, 4) is 0 Å². The Hall–Kier alpha value is -1.93. The van der Waals surface area contributed by atoms with Crippen LogP contribution in [0.3, 0.4) is 0 Å². The third kappa shape index (κ3) is 11.2. The number of hydrogen-bond donors (Lipinski definition) is 0. The molecule has 0 N–H and O–H groups in total. The molecule has 0 radical (unpaired) electrons. The van der Waals surface area contributed by atoms with E-state index in [-0.39, 0.29) is 17.6 Å². The van der Waals surface area contributed by atoms with Gasteiger partial charge >= 0.3 is 0 Å². The van der Waals surface area contributed by atoms with Gasteiger partial charge in [-0.15, -0.1) is 20.2 Å². The number of carbonyl (C=O) groups is 1. The van der Waals surface area contributed by atoms with Crippen molar-refractivity contribution in [1.82, 2.24) is 0 Å². The molecule has 0 aliphatic heterocycles. The molecule has 0 atom stereocenters. The second-order valence-electron chi connectivity index (χ2n) is 5.71. The first kappa shape index (κ1) is 18.1. The summed E-state index contributed by atoms with van der Waals surface area (Å²) in [7, 11) is 0. The SMILES string of the molecule is CC(C)(C)CCC(=O)CC(CO[N+](=O)[O-])CO[N+](=O)[O-]. The topological polar surface area (TPSA) is 122 Å². The fraction of sp³-hybridized carbons (Fsp3) is 0.909. The molecule has 0 spiro atoms. The number of carbonyl (C=O) groups excluding carboxylic acids is 1. The molecular weight excluding hydrogens is 272 g/mol. The molecule has 0 fully saturated rings. The predicted molar refractivity (Wildman–Crippen MR) is 67.7 cm³/mol. The molecular formula is C11H20N2O7. The monoisotopic (exact) mass is 292 g/mol. The van der Waals surface area contributed by atoms with Gasteiger partial charge in [0.25, 0.3) is 10.2 Å². The molecule has 9 nitrogen and oxygen atoms in total. The van der Waals surface area contributed by atoms with Gasteiger partial charge in [-0.2, -0.15) is 0 Å². The molecule has 116 valence electrons. The second kappa shape index (κ2) is 8.28. The molecule has 0 rings (SSSR count). The van der Waals surface area contributed by atoms with Gasteiger partial charge in [-0.3, -0.25) is 4.79 Å². The van der Waals surface area contributed by atoms with Gasteiger partial charge in [-0.25, -0.2) is 0 Å². The Bertz CT molecular complexity index is 333. The van der Waals surface area contributed by atoms with Crippen molar-refractivity contribution in [2.75, 3.05) is 13.2 Å². The van der Waals surface area contributed by atoms with E-state index < -0.39 is 29.3 Å². The van der Waals surface area contributed by atoms with Crippen LogP contribution in [0, 0.1) is 31.6 Å². The van der Waals surface area contributed by atoms with Gasteiger partial charge in [0, 0.05) is 18.8 Å². The van der Waals surface area contributed by atoms with Crippen molar-refractivity contribution >= 4 is 5.78 Å². The van der Waals surface area contributed by atoms with Gasteiger partial charge in [-0.1, -0.05) is 20.8 Å². The van der Waals surface area contributed by atoms with Gasteiger partial charge < -0.3 is 9.68 Å². The highest BCUT2D eigenvalue weighted by atomic mass is 17.0. The minimum Gasteiger partial charge on any atom is -0.314 e. The number of Topliss-reactive ketones (excluding diaryl/α,β-unsaturated/α-hetero) is 1. The Kier molecular flexibility index (Phi) is 7.48. The van der Waals surface area contributed by atoms with E-state index in [9.17, 15) is 25.0 Å². The molecule has 0 aliphatic carbocycles. The lowest BCUT2D eigenvalue weighted by Gasteiger charge is -2.18. The second-order valence-corrected chi connectivity index (χ2v) is 5.71. The third-order valence-electron chi connectivity index (χ3n) is 2.50. The molecule has 0 heterocycles. The van der Waals surface area contributed by atoms with E-state index in [4.69, 9.17) is 0 Å². The highest BCUT2D eigenvalue weighted by molar-refractivity contribution is 5.78. The van der Waals surface area contributed by atoms with Crippen LogP contribution in [0.25, 0.3) is 0 Å². The van der Waals surface area contributed by atoms with Crippen LogP contribution >= 0.6 is 0 Å². The summed E-state index contributed by atoms with van der Waals surface area (Å²) in [6, 6.07) is 0. The average Bonchev–Trinajstić information content (AvgIpc) is 2.28. The Morgan fingerprint density at radius 1 is 1.10 bits per heavy atom. The Morgan fingerprint density at radius 3 is 1.90 bits per heavy atom. The lowest BCUT2D eigenvalue weighted by Crippen LogP contribution is -2.23. The summed E-state index contributed by atoms with van der Waals surface area (Å²) in [4.78, 5) is 40.3. The quantitative estimate of drug-likeness (QED) is 0.444. The maximum atomic E-state index is 11.7. The van der Waals surface area contributed by atoms with Gasteiger partial charge in [0.2, 0.25) is 0 Å². The number of ketones is 1.